The zero-order valence-corrected chi connectivity index (χ0v) is 10.4. The van der Waals surface area contributed by atoms with Crippen LogP contribution in [0.15, 0.2) is 18.3 Å². The molecule has 0 aliphatic heterocycles. The van der Waals surface area contributed by atoms with E-state index in [0.717, 1.165) is 5.56 Å². The summed E-state index contributed by atoms with van der Waals surface area (Å²) >= 11 is 0. The third kappa shape index (κ3) is 4.16. The molecule has 0 aromatic carbocycles. The van der Waals surface area contributed by atoms with Crippen molar-refractivity contribution in [3.8, 4) is 5.88 Å². The highest BCUT2D eigenvalue weighted by molar-refractivity contribution is 5.25. The molecule has 1 aromatic rings. The third-order valence-corrected chi connectivity index (χ3v) is 2.14. The first kappa shape index (κ1) is 12.9. The molecular formula is C12H20N2O2. The normalized spacial score (nSPS) is 11.9. The van der Waals surface area contributed by atoms with Crippen molar-refractivity contribution in [3.05, 3.63) is 23.9 Å². The molecule has 0 saturated carbocycles. The zero-order chi connectivity index (χ0) is 12.2. The summed E-state index contributed by atoms with van der Waals surface area (Å²) in [5.74, 6) is 0.644. The molecule has 0 unspecified atom stereocenters. The maximum atomic E-state index is 9.70. The van der Waals surface area contributed by atoms with Crippen molar-refractivity contribution in [1.29, 1.82) is 0 Å². The summed E-state index contributed by atoms with van der Waals surface area (Å²) in [5, 5.41) is 9.70. The number of aromatic nitrogens is 1. The smallest absolute Gasteiger partial charge is 0.217 e. The average molecular weight is 224 g/mol. The van der Waals surface area contributed by atoms with Gasteiger partial charge in [0.05, 0.1) is 12.7 Å². The minimum atomic E-state index is -0.690. The van der Waals surface area contributed by atoms with Gasteiger partial charge in [0, 0.05) is 24.8 Å². The molecular weight excluding hydrogens is 204 g/mol. The van der Waals surface area contributed by atoms with E-state index in [2.05, 4.69) is 4.98 Å². The highest BCUT2D eigenvalue weighted by Crippen LogP contribution is 2.16. The van der Waals surface area contributed by atoms with Crippen molar-refractivity contribution >= 4 is 0 Å². The molecule has 0 fully saturated rings. The topological polar surface area (TPSA) is 45.6 Å². The minimum absolute atomic E-state index is 0.602. The second kappa shape index (κ2) is 5.27. The number of hydrogen-bond donors (Lipinski definition) is 1. The highest BCUT2D eigenvalue weighted by Gasteiger charge is 2.16. The van der Waals surface area contributed by atoms with E-state index in [-0.39, 0.29) is 0 Å². The first-order chi connectivity index (χ1) is 7.42. The van der Waals surface area contributed by atoms with Crippen LogP contribution in [0.2, 0.25) is 0 Å². The van der Waals surface area contributed by atoms with E-state index < -0.39 is 5.60 Å². The van der Waals surface area contributed by atoms with Gasteiger partial charge in [0.2, 0.25) is 5.88 Å². The van der Waals surface area contributed by atoms with Gasteiger partial charge in [0.25, 0.3) is 0 Å². The molecule has 4 nitrogen and oxygen atoms in total. The van der Waals surface area contributed by atoms with Crippen molar-refractivity contribution in [2.75, 3.05) is 20.7 Å². The Morgan fingerprint density at radius 1 is 1.50 bits per heavy atom. The van der Waals surface area contributed by atoms with E-state index in [1.54, 1.807) is 27.2 Å². The Hall–Kier alpha value is -1.13. The fourth-order valence-electron chi connectivity index (χ4n) is 1.74. The first-order valence-electron chi connectivity index (χ1n) is 5.31. The molecule has 0 amide bonds. The van der Waals surface area contributed by atoms with Gasteiger partial charge < -0.3 is 9.84 Å². The molecule has 0 bridgehead atoms. The molecule has 0 aliphatic carbocycles. The largest absolute Gasteiger partial charge is 0.481 e. The van der Waals surface area contributed by atoms with Crippen molar-refractivity contribution in [1.82, 2.24) is 9.88 Å². The van der Waals surface area contributed by atoms with Crippen LogP contribution in [0.1, 0.15) is 19.4 Å². The summed E-state index contributed by atoms with van der Waals surface area (Å²) in [7, 11) is 3.58. The quantitative estimate of drug-likeness (QED) is 0.818. The summed E-state index contributed by atoms with van der Waals surface area (Å²) in [6, 6.07) is 3.86. The summed E-state index contributed by atoms with van der Waals surface area (Å²) in [6.07, 6.45) is 1.71. The summed E-state index contributed by atoms with van der Waals surface area (Å²) in [5.41, 5.74) is 0.334. The molecule has 1 rings (SSSR count). The Bertz CT molecular complexity index is 334. The molecule has 90 valence electrons. The third-order valence-electron chi connectivity index (χ3n) is 2.14. The van der Waals surface area contributed by atoms with Crippen LogP contribution in [0.4, 0.5) is 0 Å². The van der Waals surface area contributed by atoms with Crippen LogP contribution in [-0.4, -0.2) is 41.3 Å². The molecule has 4 heteroatoms. The van der Waals surface area contributed by atoms with Crippen molar-refractivity contribution < 1.29 is 9.84 Å². The SMILES string of the molecule is COc1ncccc1CN(C)CC(C)(C)O. The second-order valence-corrected chi connectivity index (χ2v) is 4.66. The number of hydrogen-bond acceptors (Lipinski definition) is 4. The van der Waals surface area contributed by atoms with Gasteiger partial charge in [0.15, 0.2) is 0 Å². The molecule has 0 saturated heterocycles. The second-order valence-electron chi connectivity index (χ2n) is 4.66. The predicted octanol–water partition coefficient (Wildman–Crippen LogP) is 1.29. The number of aliphatic hydroxyl groups is 1. The van der Waals surface area contributed by atoms with E-state index >= 15 is 0 Å². The van der Waals surface area contributed by atoms with Crippen molar-refractivity contribution in [2.24, 2.45) is 0 Å². The van der Waals surface area contributed by atoms with E-state index in [4.69, 9.17) is 4.74 Å². The Morgan fingerprint density at radius 3 is 2.75 bits per heavy atom. The Labute approximate surface area is 96.9 Å². The summed E-state index contributed by atoms with van der Waals surface area (Å²) < 4.78 is 5.18. The highest BCUT2D eigenvalue weighted by atomic mass is 16.5. The van der Waals surface area contributed by atoms with Crippen molar-refractivity contribution in [3.63, 3.8) is 0 Å². The molecule has 0 atom stereocenters. The monoisotopic (exact) mass is 224 g/mol. The van der Waals surface area contributed by atoms with Gasteiger partial charge in [-0.1, -0.05) is 6.07 Å². The van der Waals surface area contributed by atoms with Gasteiger partial charge in [0.1, 0.15) is 0 Å². The lowest BCUT2D eigenvalue weighted by molar-refractivity contribution is 0.0422. The first-order valence-corrected chi connectivity index (χ1v) is 5.31. The van der Waals surface area contributed by atoms with Crippen LogP contribution in [0.5, 0.6) is 5.88 Å². The summed E-state index contributed by atoms with van der Waals surface area (Å²) in [4.78, 5) is 6.18. The molecule has 1 heterocycles. The molecule has 0 radical (unpaired) electrons. The van der Waals surface area contributed by atoms with Gasteiger partial charge in [-0.3, -0.25) is 4.90 Å². The van der Waals surface area contributed by atoms with Gasteiger partial charge in [-0.15, -0.1) is 0 Å². The van der Waals surface area contributed by atoms with Crippen LogP contribution < -0.4 is 4.74 Å². The lowest BCUT2D eigenvalue weighted by Gasteiger charge is -2.25. The number of ether oxygens (including phenoxy) is 1. The summed E-state index contributed by atoms with van der Waals surface area (Å²) in [6.45, 7) is 4.90. The van der Waals surface area contributed by atoms with Crippen LogP contribution in [0.3, 0.4) is 0 Å². The minimum Gasteiger partial charge on any atom is -0.481 e. The number of likely N-dealkylation sites (N-methyl/N-ethyl adjacent to an activating group) is 1. The fourth-order valence-corrected chi connectivity index (χ4v) is 1.74. The van der Waals surface area contributed by atoms with Crippen LogP contribution in [-0.2, 0) is 6.54 Å². The number of rotatable bonds is 5. The molecule has 16 heavy (non-hydrogen) atoms. The van der Waals surface area contributed by atoms with E-state index in [1.165, 1.54) is 0 Å². The molecule has 1 aromatic heterocycles. The van der Waals surface area contributed by atoms with E-state index in [1.807, 2.05) is 24.1 Å². The standard InChI is InChI=1S/C12H20N2O2/c1-12(2,15)9-14(3)8-10-6-5-7-13-11(10)16-4/h5-7,15H,8-9H2,1-4H3. The van der Waals surface area contributed by atoms with Crippen LogP contribution in [0, 0.1) is 0 Å². The van der Waals surface area contributed by atoms with Crippen LogP contribution in [0.25, 0.3) is 0 Å². The lowest BCUT2D eigenvalue weighted by atomic mass is 10.1. The molecule has 0 aliphatic rings. The van der Waals surface area contributed by atoms with Gasteiger partial charge in [-0.2, -0.15) is 0 Å². The fraction of sp³-hybridized carbons (Fsp3) is 0.583. The Morgan fingerprint density at radius 2 is 2.19 bits per heavy atom. The lowest BCUT2D eigenvalue weighted by Crippen LogP contribution is -2.35. The average Bonchev–Trinajstić information content (AvgIpc) is 2.15. The Kier molecular flexibility index (Phi) is 4.26. The predicted molar refractivity (Wildman–Crippen MR) is 63.4 cm³/mol. The Balaban J connectivity index is 2.65. The number of methoxy groups -OCH3 is 1. The van der Waals surface area contributed by atoms with Crippen molar-refractivity contribution in [2.45, 2.75) is 26.0 Å². The number of pyridine rings is 1. The van der Waals surface area contributed by atoms with Gasteiger partial charge in [-0.25, -0.2) is 4.98 Å². The van der Waals surface area contributed by atoms with E-state index in [9.17, 15) is 5.11 Å². The van der Waals surface area contributed by atoms with E-state index in [0.29, 0.717) is 19.0 Å². The molecule has 1 N–H and O–H groups in total. The maximum Gasteiger partial charge on any atom is 0.217 e. The van der Waals surface area contributed by atoms with Gasteiger partial charge in [-0.05, 0) is 27.0 Å². The van der Waals surface area contributed by atoms with Gasteiger partial charge >= 0.3 is 0 Å². The maximum absolute atomic E-state index is 9.70. The zero-order valence-electron chi connectivity index (χ0n) is 10.4. The number of nitrogens with zero attached hydrogens (tertiary/aromatic N) is 2. The molecule has 0 spiro atoms. The van der Waals surface area contributed by atoms with Crippen LogP contribution >= 0.6 is 0 Å².